The maximum atomic E-state index is 10.5. The molecule has 0 aliphatic rings. The van der Waals surface area contributed by atoms with Gasteiger partial charge in [-0.2, -0.15) is 0 Å². The van der Waals surface area contributed by atoms with Gasteiger partial charge in [0.25, 0.3) is 0 Å². The molecule has 0 fully saturated rings. The van der Waals surface area contributed by atoms with Crippen molar-refractivity contribution in [2.24, 2.45) is 0 Å². The number of benzene rings is 2. The second-order valence-electron chi connectivity index (χ2n) is 5.44. The van der Waals surface area contributed by atoms with E-state index < -0.39 is 6.10 Å². The van der Waals surface area contributed by atoms with E-state index in [1.165, 1.54) is 16.8 Å². The molecule has 1 unspecified atom stereocenters. The van der Waals surface area contributed by atoms with Gasteiger partial charge in [0.2, 0.25) is 0 Å². The van der Waals surface area contributed by atoms with E-state index in [0.717, 1.165) is 18.5 Å². The van der Waals surface area contributed by atoms with Crippen LogP contribution in [0.15, 0.2) is 48.5 Å². The first-order valence-corrected chi connectivity index (χ1v) is 7.73. The third-order valence-corrected chi connectivity index (χ3v) is 4.00. The van der Waals surface area contributed by atoms with Crippen LogP contribution in [-0.4, -0.2) is 18.2 Å². The molecule has 0 spiro atoms. The summed E-state index contributed by atoms with van der Waals surface area (Å²) < 4.78 is 0. The first-order chi connectivity index (χ1) is 10.2. The Balaban J connectivity index is 2.12. The zero-order valence-electron chi connectivity index (χ0n) is 13.2. The van der Waals surface area contributed by atoms with E-state index in [1.807, 2.05) is 24.3 Å². The summed E-state index contributed by atoms with van der Waals surface area (Å²) in [4.78, 5) is 2.23. The summed E-state index contributed by atoms with van der Waals surface area (Å²) in [7, 11) is 0. The zero-order chi connectivity index (χ0) is 15.2. The van der Waals surface area contributed by atoms with Crippen LogP contribution in [0.5, 0.6) is 0 Å². The van der Waals surface area contributed by atoms with E-state index >= 15 is 0 Å². The van der Waals surface area contributed by atoms with E-state index in [9.17, 15) is 5.11 Å². The number of aryl methyl sites for hydroxylation is 2. The Morgan fingerprint density at radius 2 is 1.67 bits per heavy atom. The van der Waals surface area contributed by atoms with Crippen LogP contribution in [0.4, 0.5) is 5.69 Å². The van der Waals surface area contributed by atoms with Crippen LogP contribution >= 0.6 is 0 Å². The molecule has 0 aliphatic heterocycles. The van der Waals surface area contributed by atoms with E-state index in [0.29, 0.717) is 6.54 Å². The molecule has 2 aromatic rings. The van der Waals surface area contributed by atoms with Gasteiger partial charge in [-0.25, -0.2) is 0 Å². The predicted molar refractivity (Wildman–Crippen MR) is 89.8 cm³/mol. The molecular formula is C19H25NO. The van der Waals surface area contributed by atoms with Crippen LogP contribution in [0.3, 0.4) is 0 Å². The lowest BCUT2D eigenvalue weighted by molar-refractivity contribution is 0.183. The van der Waals surface area contributed by atoms with Gasteiger partial charge in [-0.3, -0.25) is 0 Å². The maximum absolute atomic E-state index is 10.5. The van der Waals surface area contributed by atoms with Crippen LogP contribution in [0, 0.1) is 6.92 Å². The highest BCUT2D eigenvalue weighted by atomic mass is 16.3. The number of aliphatic hydroxyl groups excluding tert-OH is 1. The molecule has 0 bridgehead atoms. The Hall–Kier alpha value is -1.80. The number of para-hydroxylation sites is 1. The third kappa shape index (κ3) is 3.85. The van der Waals surface area contributed by atoms with Crippen molar-refractivity contribution >= 4 is 5.69 Å². The molecule has 0 amide bonds. The number of anilines is 1. The normalized spacial score (nSPS) is 12.2. The van der Waals surface area contributed by atoms with Crippen LogP contribution in [0.2, 0.25) is 0 Å². The van der Waals surface area contributed by atoms with Crippen molar-refractivity contribution in [2.45, 2.75) is 33.3 Å². The summed E-state index contributed by atoms with van der Waals surface area (Å²) in [6, 6.07) is 16.6. The van der Waals surface area contributed by atoms with Crippen molar-refractivity contribution in [3.05, 3.63) is 65.2 Å². The quantitative estimate of drug-likeness (QED) is 0.862. The van der Waals surface area contributed by atoms with Crippen LogP contribution in [0.25, 0.3) is 0 Å². The van der Waals surface area contributed by atoms with E-state index in [1.54, 1.807) is 0 Å². The summed E-state index contributed by atoms with van der Waals surface area (Å²) in [5, 5.41) is 10.5. The number of hydrogen-bond acceptors (Lipinski definition) is 2. The molecule has 2 aromatic carbocycles. The highest BCUT2D eigenvalue weighted by Gasteiger charge is 2.14. The molecule has 0 heterocycles. The first-order valence-electron chi connectivity index (χ1n) is 7.73. The van der Waals surface area contributed by atoms with Gasteiger partial charge >= 0.3 is 0 Å². The number of nitrogens with zero attached hydrogens (tertiary/aromatic N) is 1. The van der Waals surface area contributed by atoms with Gasteiger partial charge in [0.15, 0.2) is 0 Å². The molecule has 0 radical (unpaired) electrons. The maximum Gasteiger partial charge on any atom is 0.0964 e. The molecule has 2 rings (SSSR count). The summed E-state index contributed by atoms with van der Waals surface area (Å²) in [6.45, 7) is 7.88. The van der Waals surface area contributed by atoms with Crippen molar-refractivity contribution < 1.29 is 5.11 Å². The molecular weight excluding hydrogens is 258 g/mol. The fourth-order valence-electron chi connectivity index (χ4n) is 2.61. The Morgan fingerprint density at radius 1 is 1.00 bits per heavy atom. The fourth-order valence-corrected chi connectivity index (χ4v) is 2.61. The SMILES string of the molecule is CCc1ccc(C(O)CN(CC)c2ccccc2C)cc1. The predicted octanol–water partition coefficient (Wildman–Crippen LogP) is 4.12. The summed E-state index contributed by atoms with van der Waals surface area (Å²) >= 11 is 0. The summed E-state index contributed by atoms with van der Waals surface area (Å²) in [5.74, 6) is 0. The standard InChI is InChI=1S/C19H25NO/c1-4-16-10-12-17(13-11-16)19(21)14-20(5-2)18-9-7-6-8-15(18)3/h6-13,19,21H,4-5,14H2,1-3H3. The van der Waals surface area contributed by atoms with E-state index in [-0.39, 0.29) is 0 Å². The lowest BCUT2D eigenvalue weighted by Gasteiger charge is -2.27. The van der Waals surface area contributed by atoms with Crippen LogP contribution in [-0.2, 0) is 6.42 Å². The molecule has 2 heteroatoms. The number of likely N-dealkylation sites (N-methyl/N-ethyl adjacent to an activating group) is 1. The zero-order valence-corrected chi connectivity index (χ0v) is 13.2. The summed E-state index contributed by atoms with van der Waals surface area (Å²) in [5.41, 5.74) is 4.73. The third-order valence-electron chi connectivity index (χ3n) is 4.00. The minimum Gasteiger partial charge on any atom is -0.387 e. The lowest BCUT2D eigenvalue weighted by Crippen LogP contribution is -2.28. The first kappa shape index (κ1) is 15.6. The molecule has 1 N–H and O–H groups in total. The van der Waals surface area contributed by atoms with Crippen molar-refractivity contribution in [3.63, 3.8) is 0 Å². The number of rotatable bonds is 6. The molecule has 0 aromatic heterocycles. The molecule has 0 saturated heterocycles. The van der Waals surface area contributed by atoms with Gasteiger partial charge in [0.1, 0.15) is 0 Å². The van der Waals surface area contributed by atoms with Crippen molar-refractivity contribution in [2.75, 3.05) is 18.0 Å². The highest BCUT2D eigenvalue weighted by Crippen LogP contribution is 2.23. The minimum absolute atomic E-state index is 0.463. The lowest BCUT2D eigenvalue weighted by atomic mass is 10.0. The van der Waals surface area contributed by atoms with Gasteiger partial charge in [0.05, 0.1) is 6.10 Å². The minimum atomic E-state index is -0.463. The Labute approximate surface area is 128 Å². The average Bonchev–Trinajstić information content (AvgIpc) is 2.53. The monoisotopic (exact) mass is 283 g/mol. The Morgan fingerprint density at radius 3 is 2.24 bits per heavy atom. The van der Waals surface area contributed by atoms with E-state index in [4.69, 9.17) is 0 Å². The molecule has 2 nitrogen and oxygen atoms in total. The van der Waals surface area contributed by atoms with Crippen LogP contribution < -0.4 is 4.90 Å². The molecule has 21 heavy (non-hydrogen) atoms. The van der Waals surface area contributed by atoms with Gasteiger partial charge < -0.3 is 10.0 Å². The summed E-state index contributed by atoms with van der Waals surface area (Å²) in [6.07, 6.45) is 0.566. The van der Waals surface area contributed by atoms with Crippen molar-refractivity contribution in [3.8, 4) is 0 Å². The van der Waals surface area contributed by atoms with Crippen molar-refractivity contribution in [1.29, 1.82) is 0 Å². The Kier molecular flexibility index (Phi) is 5.40. The molecule has 1 atom stereocenters. The van der Waals surface area contributed by atoms with Gasteiger partial charge in [-0.1, -0.05) is 49.4 Å². The van der Waals surface area contributed by atoms with Crippen molar-refractivity contribution in [1.82, 2.24) is 0 Å². The van der Waals surface area contributed by atoms with Gasteiger partial charge in [0, 0.05) is 18.8 Å². The highest BCUT2D eigenvalue weighted by molar-refractivity contribution is 5.53. The number of hydrogen-bond donors (Lipinski definition) is 1. The van der Waals surface area contributed by atoms with Gasteiger partial charge in [-0.05, 0) is 43.0 Å². The van der Waals surface area contributed by atoms with Gasteiger partial charge in [-0.15, -0.1) is 0 Å². The average molecular weight is 283 g/mol. The second kappa shape index (κ2) is 7.28. The Bertz CT molecular complexity index is 562. The molecule has 112 valence electrons. The van der Waals surface area contributed by atoms with Crippen LogP contribution in [0.1, 0.15) is 36.6 Å². The van der Waals surface area contributed by atoms with E-state index in [2.05, 4.69) is 49.9 Å². The molecule has 0 saturated carbocycles. The smallest absolute Gasteiger partial charge is 0.0964 e. The fraction of sp³-hybridized carbons (Fsp3) is 0.368. The largest absolute Gasteiger partial charge is 0.387 e. The second-order valence-corrected chi connectivity index (χ2v) is 5.44. The number of aliphatic hydroxyl groups is 1. The molecule has 0 aliphatic carbocycles. The topological polar surface area (TPSA) is 23.5 Å².